The van der Waals surface area contributed by atoms with Gasteiger partial charge in [-0.2, -0.15) is 0 Å². The molecule has 2 aromatic heterocycles. The van der Waals surface area contributed by atoms with Crippen LogP contribution in [0, 0.1) is 5.41 Å². The van der Waals surface area contributed by atoms with E-state index in [0.29, 0.717) is 17.5 Å². The van der Waals surface area contributed by atoms with Crippen LogP contribution in [0.2, 0.25) is 0 Å². The smallest absolute Gasteiger partial charge is 0.626 e. The van der Waals surface area contributed by atoms with Gasteiger partial charge in [-0.05, 0) is 44.9 Å². The van der Waals surface area contributed by atoms with Gasteiger partial charge in [0, 0.05) is 53.6 Å². The minimum Gasteiger partial charge on any atom is -0.626 e. The second kappa shape index (κ2) is 10.2. The summed E-state index contributed by atoms with van der Waals surface area (Å²) in [5, 5.41) is 11.0. The number of pyridine rings is 1. The molecule has 1 aliphatic rings. The van der Waals surface area contributed by atoms with Gasteiger partial charge in [0.2, 0.25) is 0 Å². The minimum atomic E-state index is 0. The van der Waals surface area contributed by atoms with Gasteiger partial charge in [-0.25, -0.2) is 0 Å². The first-order valence-electron chi connectivity index (χ1n) is 9.49. The van der Waals surface area contributed by atoms with Crippen molar-refractivity contribution in [3.63, 3.8) is 0 Å². The Labute approximate surface area is 215 Å². The molecule has 0 saturated carbocycles. The SMILES string of the molecule is C=Cc1cc(/C(C=N)=C/N)cnc1-c1ccc(OC2CC(C)NC(C)(C)C2)[n-]1.[K+]. The third-order valence-electron chi connectivity index (χ3n) is 4.94. The van der Waals surface area contributed by atoms with Crippen molar-refractivity contribution in [1.29, 1.82) is 5.41 Å². The van der Waals surface area contributed by atoms with E-state index in [1.807, 2.05) is 18.2 Å². The molecule has 1 aliphatic heterocycles. The number of hydrogen-bond donors (Lipinski definition) is 3. The molecule has 4 N–H and O–H groups in total. The van der Waals surface area contributed by atoms with Gasteiger partial charge in [0.25, 0.3) is 0 Å². The average Bonchev–Trinajstić information content (AvgIpc) is 3.09. The van der Waals surface area contributed by atoms with E-state index >= 15 is 0 Å². The summed E-state index contributed by atoms with van der Waals surface area (Å²) in [5.74, 6) is 0.618. The second-order valence-electron chi connectivity index (χ2n) is 7.91. The van der Waals surface area contributed by atoms with Crippen LogP contribution in [0.4, 0.5) is 0 Å². The molecule has 0 spiro atoms. The minimum absolute atomic E-state index is 0. The van der Waals surface area contributed by atoms with E-state index in [1.165, 1.54) is 12.4 Å². The van der Waals surface area contributed by atoms with Gasteiger partial charge in [-0.1, -0.05) is 18.7 Å². The molecule has 2 atom stereocenters. The number of hydrogen-bond acceptors (Lipinski definition) is 5. The summed E-state index contributed by atoms with van der Waals surface area (Å²) in [4.78, 5) is 9.17. The van der Waals surface area contributed by atoms with Gasteiger partial charge in [0.15, 0.2) is 0 Å². The molecule has 0 bridgehead atoms. The van der Waals surface area contributed by atoms with Gasteiger partial charge in [0.05, 0.1) is 11.8 Å². The number of nitrogens with one attached hydrogen (secondary N) is 2. The Morgan fingerprint density at radius 3 is 2.83 bits per heavy atom. The molecule has 3 rings (SSSR count). The standard InChI is InChI=1S/C22H28N5O.K/c1-5-15-9-16(17(11-23)12-24)13-25-21(15)19-6-7-20(26-19)28-18-8-14(2)27-22(3,4)10-18;/h5-7,9,11-14,18,23,27H,1,8,10,24H2,2-4H3;/q-1;+1/b17-12+,23-11?;. The fraction of sp³-hybridized carbons (Fsp3) is 0.364. The van der Waals surface area contributed by atoms with Crippen molar-refractivity contribution in [2.24, 2.45) is 5.73 Å². The maximum absolute atomic E-state index is 7.45. The second-order valence-corrected chi connectivity index (χ2v) is 7.91. The number of aromatic nitrogens is 2. The van der Waals surface area contributed by atoms with Crippen molar-refractivity contribution in [2.45, 2.75) is 51.3 Å². The molecule has 6 nitrogen and oxygen atoms in total. The van der Waals surface area contributed by atoms with E-state index in [4.69, 9.17) is 15.9 Å². The Morgan fingerprint density at radius 2 is 2.21 bits per heavy atom. The molecule has 0 amide bonds. The molecule has 29 heavy (non-hydrogen) atoms. The zero-order chi connectivity index (χ0) is 20.3. The number of rotatable bonds is 6. The average molecular weight is 418 g/mol. The Morgan fingerprint density at radius 1 is 1.45 bits per heavy atom. The zero-order valence-corrected chi connectivity index (χ0v) is 20.8. The molecular weight excluding hydrogens is 389 g/mol. The van der Waals surface area contributed by atoms with Gasteiger partial charge < -0.3 is 26.2 Å². The molecular formula is C22H28KN5O. The Balaban J connectivity index is 0.00000300. The first-order chi connectivity index (χ1) is 13.3. The molecule has 7 heteroatoms. The summed E-state index contributed by atoms with van der Waals surface area (Å²) in [6, 6.07) is 6.12. The van der Waals surface area contributed by atoms with E-state index in [9.17, 15) is 0 Å². The van der Waals surface area contributed by atoms with Crippen LogP contribution in [0.5, 0.6) is 5.88 Å². The molecule has 3 heterocycles. The maximum Gasteiger partial charge on any atom is 1.00 e. The number of piperidine rings is 1. The van der Waals surface area contributed by atoms with E-state index in [-0.39, 0.29) is 63.0 Å². The Bertz CT molecular complexity index is 902. The molecule has 1 fully saturated rings. The van der Waals surface area contributed by atoms with Crippen molar-refractivity contribution in [3.8, 4) is 17.3 Å². The largest absolute Gasteiger partial charge is 1.00 e. The quantitative estimate of drug-likeness (QED) is 0.472. The van der Waals surface area contributed by atoms with Gasteiger partial charge in [0.1, 0.15) is 0 Å². The number of allylic oxidation sites excluding steroid dienone is 1. The van der Waals surface area contributed by atoms with E-state index < -0.39 is 0 Å². The van der Waals surface area contributed by atoms with Crippen molar-refractivity contribution in [1.82, 2.24) is 15.3 Å². The van der Waals surface area contributed by atoms with Gasteiger partial charge in [-0.3, -0.25) is 4.98 Å². The Hall–Kier alpha value is -1.22. The van der Waals surface area contributed by atoms with Gasteiger partial charge in [-0.15, -0.1) is 5.69 Å². The monoisotopic (exact) mass is 417 g/mol. The van der Waals surface area contributed by atoms with Crippen LogP contribution in [0.25, 0.3) is 23.0 Å². The third-order valence-corrected chi connectivity index (χ3v) is 4.94. The molecule has 2 aromatic rings. The van der Waals surface area contributed by atoms with Crippen molar-refractivity contribution in [2.75, 3.05) is 0 Å². The van der Waals surface area contributed by atoms with Crippen LogP contribution in [0.15, 0.2) is 37.2 Å². The van der Waals surface area contributed by atoms with Crippen LogP contribution in [0.3, 0.4) is 0 Å². The van der Waals surface area contributed by atoms with Crippen LogP contribution in [-0.2, 0) is 0 Å². The normalized spacial score (nSPS) is 21.1. The third kappa shape index (κ3) is 5.90. The summed E-state index contributed by atoms with van der Waals surface area (Å²) < 4.78 is 6.17. The summed E-state index contributed by atoms with van der Waals surface area (Å²) in [5.41, 5.74) is 9.30. The summed E-state index contributed by atoms with van der Waals surface area (Å²) in [6.07, 6.45) is 8.04. The summed E-state index contributed by atoms with van der Waals surface area (Å²) in [7, 11) is 0. The van der Waals surface area contributed by atoms with Crippen LogP contribution >= 0.6 is 0 Å². The summed E-state index contributed by atoms with van der Waals surface area (Å²) >= 11 is 0. The van der Waals surface area contributed by atoms with Crippen molar-refractivity contribution in [3.05, 3.63) is 48.3 Å². The molecule has 1 saturated heterocycles. The van der Waals surface area contributed by atoms with Crippen molar-refractivity contribution >= 4 is 17.9 Å². The van der Waals surface area contributed by atoms with E-state index in [2.05, 4.69) is 42.6 Å². The van der Waals surface area contributed by atoms with Gasteiger partial charge >= 0.3 is 51.4 Å². The number of ether oxygens (including phenoxy) is 1. The van der Waals surface area contributed by atoms with E-state index in [1.54, 1.807) is 12.3 Å². The predicted molar refractivity (Wildman–Crippen MR) is 114 cm³/mol. The number of nitrogens with two attached hydrogens (primary N) is 1. The zero-order valence-electron chi connectivity index (χ0n) is 17.7. The molecule has 0 aliphatic carbocycles. The molecule has 2 unspecified atom stereocenters. The fourth-order valence-electron chi connectivity index (χ4n) is 3.87. The Kier molecular flexibility index (Phi) is 8.45. The first kappa shape index (κ1) is 24.0. The van der Waals surface area contributed by atoms with Crippen LogP contribution in [0.1, 0.15) is 44.7 Å². The fourth-order valence-corrected chi connectivity index (χ4v) is 3.87. The van der Waals surface area contributed by atoms with Crippen LogP contribution in [-0.4, -0.2) is 28.9 Å². The van der Waals surface area contributed by atoms with E-state index in [0.717, 1.165) is 35.4 Å². The molecule has 0 aromatic carbocycles. The topological polar surface area (TPSA) is 98.1 Å². The number of nitrogens with zero attached hydrogens (tertiary/aromatic N) is 2. The first-order valence-corrected chi connectivity index (χ1v) is 9.49. The van der Waals surface area contributed by atoms with Crippen LogP contribution < -0.4 is 72.2 Å². The predicted octanol–water partition coefficient (Wildman–Crippen LogP) is 0.600. The molecule has 148 valence electrons. The maximum atomic E-state index is 7.45. The molecule has 0 radical (unpaired) electrons. The van der Waals surface area contributed by atoms with Crippen molar-refractivity contribution < 1.29 is 56.1 Å². The summed E-state index contributed by atoms with van der Waals surface area (Å²) in [6.45, 7) is 10.5.